The van der Waals surface area contributed by atoms with Crippen molar-refractivity contribution < 1.29 is 19.4 Å². The Balaban J connectivity index is 0.000000500. The highest BCUT2D eigenvalue weighted by molar-refractivity contribution is 7.16. The summed E-state index contributed by atoms with van der Waals surface area (Å²) in [5.41, 5.74) is 1.08. The summed E-state index contributed by atoms with van der Waals surface area (Å²) < 4.78 is 8.46. The van der Waals surface area contributed by atoms with Gasteiger partial charge in [0.25, 0.3) is 0 Å². The minimum absolute atomic E-state index is 0.212. The Kier molecular flexibility index (Phi) is 7.61. The first kappa shape index (κ1) is 12.8. The van der Waals surface area contributed by atoms with Crippen LogP contribution in [-0.2, 0) is 15.8 Å². The van der Waals surface area contributed by atoms with Crippen LogP contribution in [-0.4, -0.2) is 16.0 Å². The van der Waals surface area contributed by atoms with E-state index in [2.05, 4.69) is 0 Å². The minimum atomic E-state index is -0.833. The first-order chi connectivity index (χ1) is 6.70. The van der Waals surface area contributed by atoms with E-state index in [0.717, 1.165) is 5.56 Å². The first-order valence-corrected chi connectivity index (χ1v) is 4.69. The molecule has 0 unspecified atom stereocenters. The molecule has 0 amide bonds. The maximum atomic E-state index is 10.2. The van der Waals surface area contributed by atoms with Crippen molar-refractivity contribution >= 4 is 14.7 Å². The third-order valence-corrected chi connectivity index (χ3v) is 1.47. The molecule has 0 fully saturated rings. The van der Waals surface area contributed by atoms with E-state index in [-0.39, 0.29) is 6.42 Å². The molecule has 0 radical (unpaired) electrons. The number of carbonyl (C=O) groups is 1. The number of benzene rings is 1. The fourth-order valence-corrected chi connectivity index (χ4v) is 0.896. The third-order valence-electron chi connectivity index (χ3n) is 1.47. The molecule has 0 atom stereocenters. The van der Waals surface area contributed by atoms with Gasteiger partial charge >= 0.3 is 14.7 Å². The third kappa shape index (κ3) is 7.40. The summed E-state index contributed by atoms with van der Waals surface area (Å²) in [6.07, 6.45) is 0.834. The van der Waals surface area contributed by atoms with E-state index < -0.39 is 14.7 Å². The highest BCUT2D eigenvalue weighted by Crippen LogP contribution is 2.01. The molecular formula is C9H11O4P. The lowest BCUT2D eigenvalue weighted by Gasteiger charge is -1.95. The number of rotatable bonds is 3. The fourth-order valence-electron chi connectivity index (χ4n) is 0.896. The lowest BCUT2D eigenvalue weighted by atomic mass is 10.1. The number of aliphatic carboxylic acids is 1. The molecule has 0 aliphatic rings. The molecule has 5 heteroatoms. The quantitative estimate of drug-likeness (QED) is 0.753. The van der Waals surface area contributed by atoms with Crippen LogP contribution < -0.4 is 0 Å². The summed E-state index contributed by atoms with van der Waals surface area (Å²) in [5, 5.41) is 8.37. The summed E-state index contributed by atoms with van der Waals surface area (Å²) in [6, 6.07) is 9.62. The zero-order valence-corrected chi connectivity index (χ0v) is 8.35. The van der Waals surface area contributed by atoms with E-state index >= 15 is 0 Å². The number of hydrogen-bond donors (Lipinski definition) is 2. The van der Waals surface area contributed by atoms with Gasteiger partial charge in [0.15, 0.2) is 0 Å². The van der Waals surface area contributed by atoms with Crippen molar-refractivity contribution in [3.63, 3.8) is 0 Å². The molecule has 1 aromatic carbocycles. The van der Waals surface area contributed by atoms with E-state index in [1.165, 1.54) is 0 Å². The normalized spacial score (nSPS) is 8.93. The summed E-state index contributed by atoms with van der Waals surface area (Å²) in [5.74, 6) is -0.742. The Morgan fingerprint density at radius 2 is 1.79 bits per heavy atom. The van der Waals surface area contributed by atoms with Crippen LogP contribution in [0.25, 0.3) is 0 Å². The molecular weight excluding hydrogens is 203 g/mol. The molecule has 14 heavy (non-hydrogen) atoms. The van der Waals surface area contributed by atoms with E-state index in [1.54, 1.807) is 0 Å². The molecule has 0 saturated carbocycles. The second kappa shape index (κ2) is 8.35. The minimum Gasteiger partial charge on any atom is -0.481 e. The van der Waals surface area contributed by atoms with Gasteiger partial charge in [0, 0.05) is 6.42 Å². The van der Waals surface area contributed by atoms with Crippen molar-refractivity contribution in [2.24, 2.45) is 0 Å². The predicted octanol–water partition coefficient (Wildman–Crippen LogP) is 1.89. The smallest absolute Gasteiger partial charge is 0.324 e. The molecule has 0 spiro atoms. The number of carboxylic acid groups (broad SMARTS) is 1. The molecule has 2 N–H and O–H groups in total. The van der Waals surface area contributed by atoms with Crippen molar-refractivity contribution in [2.45, 2.75) is 12.8 Å². The highest BCUT2D eigenvalue weighted by Gasteiger charge is 1.96. The van der Waals surface area contributed by atoms with Gasteiger partial charge in [-0.1, -0.05) is 30.3 Å². The molecule has 0 heterocycles. The van der Waals surface area contributed by atoms with Gasteiger partial charge in [-0.15, -0.1) is 0 Å². The van der Waals surface area contributed by atoms with E-state index in [9.17, 15) is 4.79 Å². The second-order valence-corrected chi connectivity index (χ2v) is 2.62. The monoisotopic (exact) mass is 214 g/mol. The van der Waals surface area contributed by atoms with Crippen LogP contribution in [0.1, 0.15) is 12.0 Å². The van der Waals surface area contributed by atoms with Crippen LogP contribution in [0.4, 0.5) is 0 Å². The van der Waals surface area contributed by atoms with Crippen LogP contribution in [0.2, 0.25) is 0 Å². The van der Waals surface area contributed by atoms with Crippen LogP contribution >= 0.6 is 8.69 Å². The van der Waals surface area contributed by atoms with Crippen LogP contribution in [0.15, 0.2) is 30.3 Å². The average molecular weight is 214 g/mol. The molecule has 76 valence electrons. The summed E-state index contributed by atoms with van der Waals surface area (Å²) in [4.78, 5) is 17.2. The number of carboxylic acids is 1. The van der Waals surface area contributed by atoms with Gasteiger partial charge in [-0.25, -0.2) is 4.57 Å². The second-order valence-electron chi connectivity index (χ2n) is 2.46. The number of aryl methyl sites for hydroxylation is 1. The fraction of sp³-hybridized carbons (Fsp3) is 0.222. The predicted molar refractivity (Wildman–Crippen MR) is 52.2 cm³/mol. The van der Waals surface area contributed by atoms with Crippen molar-refractivity contribution in [3.05, 3.63) is 35.9 Å². The Bertz CT molecular complexity index is 273. The maximum absolute atomic E-state index is 10.2. The lowest BCUT2D eigenvalue weighted by molar-refractivity contribution is -0.136. The summed E-state index contributed by atoms with van der Waals surface area (Å²) in [7, 11) is -0.833. The van der Waals surface area contributed by atoms with E-state index in [4.69, 9.17) is 14.6 Å². The lowest BCUT2D eigenvalue weighted by Crippen LogP contribution is -1.96. The first-order valence-electron chi connectivity index (χ1n) is 3.93. The zero-order chi connectivity index (χ0) is 10.8. The SMILES string of the molecule is O=C(O)CCc1ccccc1.O=PO. The molecule has 1 aromatic rings. The van der Waals surface area contributed by atoms with E-state index in [0.29, 0.717) is 6.42 Å². The molecule has 0 aliphatic carbocycles. The Morgan fingerprint density at radius 1 is 1.29 bits per heavy atom. The number of hydrogen-bond acceptors (Lipinski definition) is 2. The Hall–Kier alpha value is -1.25. The van der Waals surface area contributed by atoms with Gasteiger partial charge in [-0.05, 0) is 12.0 Å². The van der Waals surface area contributed by atoms with E-state index in [1.807, 2.05) is 30.3 Å². The van der Waals surface area contributed by atoms with Gasteiger partial charge in [0.1, 0.15) is 0 Å². The molecule has 1 rings (SSSR count). The summed E-state index contributed by atoms with van der Waals surface area (Å²) >= 11 is 0. The van der Waals surface area contributed by atoms with Crippen LogP contribution in [0.3, 0.4) is 0 Å². The maximum Gasteiger partial charge on any atom is 0.324 e. The average Bonchev–Trinajstić information content (AvgIpc) is 2.18. The van der Waals surface area contributed by atoms with Crippen LogP contribution in [0, 0.1) is 0 Å². The van der Waals surface area contributed by atoms with Gasteiger partial charge in [0.2, 0.25) is 0 Å². The van der Waals surface area contributed by atoms with Crippen LogP contribution in [0.5, 0.6) is 0 Å². The molecule has 0 aromatic heterocycles. The zero-order valence-electron chi connectivity index (χ0n) is 7.46. The molecule has 0 bridgehead atoms. The van der Waals surface area contributed by atoms with Gasteiger partial charge in [0.05, 0.1) is 0 Å². The van der Waals surface area contributed by atoms with Crippen molar-refractivity contribution in [1.82, 2.24) is 0 Å². The standard InChI is InChI=1S/C9H10O2.HO2P/c10-9(11)7-6-8-4-2-1-3-5-8;1-3-2/h1-5H,6-7H2,(H,10,11);(H,1,2). The summed E-state index contributed by atoms with van der Waals surface area (Å²) in [6.45, 7) is 0. The Labute approximate surface area is 83.5 Å². The molecule has 0 aliphatic heterocycles. The highest BCUT2D eigenvalue weighted by atomic mass is 31.1. The van der Waals surface area contributed by atoms with Gasteiger partial charge in [-0.3, -0.25) is 4.79 Å². The van der Waals surface area contributed by atoms with Gasteiger partial charge < -0.3 is 10.00 Å². The molecule has 0 saturated heterocycles. The molecule has 4 nitrogen and oxygen atoms in total. The van der Waals surface area contributed by atoms with Crippen molar-refractivity contribution in [2.75, 3.05) is 0 Å². The largest absolute Gasteiger partial charge is 0.481 e. The van der Waals surface area contributed by atoms with Gasteiger partial charge in [-0.2, -0.15) is 0 Å². The van der Waals surface area contributed by atoms with Crippen molar-refractivity contribution in [1.29, 1.82) is 0 Å². The topological polar surface area (TPSA) is 74.6 Å². The van der Waals surface area contributed by atoms with Crippen molar-refractivity contribution in [3.8, 4) is 0 Å². The Morgan fingerprint density at radius 3 is 2.21 bits per heavy atom.